The zero-order chi connectivity index (χ0) is 14.0. The third-order valence-corrected chi connectivity index (χ3v) is 4.57. The summed E-state index contributed by atoms with van der Waals surface area (Å²) in [5.74, 6) is 0.748. The molecule has 1 unspecified atom stereocenters. The van der Waals surface area contributed by atoms with Crippen LogP contribution < -0.4 is 10.6 Å². The molecule has 0 radical (unpaired) electrons. The van der Waals surface area contributed by atoms with Gasteiger partial charge >= 0.3 is 0 Å². The Labute approximate surface area is 118 Å². The topological polar surface area (TPSA) is 29.3 Å². The molecule has 1 aliphatic rings. The van der Waals surface area contributed by atoms with Gasteiger partial charge in [0.2, 0.25) is 0 Å². The Morgan fingerprint density at radius 2 is 2.05 bits per heavy atom. The van der Waals surface area contributed by atoms with Gasteiger partial charge in [-0.15, -0.1) is 0 Å². The fourth-order valence-corrected chi connectivity index (χ4v) is 3.19. The minimum Gasteiger partial charge on any atom is -0.366 e. The molecule has 1 saturated heterocycles. The lowest BCUT2D eigenvalue weighted by Crippen LogP contribution is -2.51. The predicted molar refractivity (Wildman–Crippen MR) is 83.7 cm³/mol. The SMILES string of the molecule is Cc1ccc(C)c(N2CC(CCN)CCC2(C)C)c1. The van der Waals surface area contributed by atoms with Crippen LogP contribution in [0.5, 0.6) is 0 Å². The summed E-state index contributed by atoms with van der Waals surface area (Å²) in [6.45, 7) is 11.1. The van der Waals surface area contributed by atoms with Gasteiger partial charge in [-0.05, 0) is 76.6 Å². The van der Waals surface area contributed by atoms with E-state index in [9.17, 15) is 0 Å². The quantitative estimate of drug-likeness (QED) is 0.899. The number of hydrogen-bond acceptors (Lipinski definition) is 2. The molecule has 0 amide bonds. The Bertz CT molecular complexity index is 437. The highest BCUT2D eigenvalue weighted by molar-refractivity contribution is 5.57. The van der Waals surface area contributed by atoms with Crippen molar-refractivity contribution in [2.75, 3.05) is 18.0 Å². The van der Waals surface area contributed by atoms with E-state index in [1.165, 1.54) is 29.7 Å². The molecule has 1 aliphatic heterocycles. The highest BCUT2D eigenvalue weighted by atomic mass is 15.2. The summed E-state index contributed by atoms with van der Waals surface area (Å²) in [6, 6.07) is 6.78. The van der Waals surface area contributed by atoms with Crippen LogP contribution in [-0.2, 0) is 0 Å². The van der Waals surface area contributed by atoms with Crippen molar-refractivity contribution in [3.05, 3.63) is 29.3 Å². The van der Waals surface area contributed by atoms with Gasteiger partial charge in [-0.3, -0.25) is 0 Å². The van der Waals surface area contributed by atoms with Crippen molar-refractivity contribution in [2.24, 2.45) is 11.7 Å². The van der Waals surface area contributed by atoms with Gasteiger partial charge in [0.1, 0.15) is 0 Å². The molecule has 106 valence electrons. The predicted octanol–water partition coefficient (Wildman–Crippen LogP) is 3.65. The Hall–Kier alpha value is -1.02. The summed E-state index contributed by atoms with van der Waals surface area (Å²) < 4.78 is 0. The van der Waals surface area contributed by atoms with Crippen LogP contribution in [0.4, 0.5) is 5.69 Å². The van der Waals surface area contributed by atoms with Gasteiger partial charge in [0.05, 0.1) is 0 Å². The second kappa shape index (κ2) is 5.54. The summed E-state index contributed by atoms with van der Waals surface area (Å²) >= 11 is 0. The lowest BCUT2D eigenvalue weighted by molar-refractivity contribution is 0.282. The Morgan fingerprint density at radius 3 is 2.74 bits per heavy atom. The molecule has 0 aromatic heterocycles. The number of nitrogens with two attached hydrogens (primary N) is 1. The van der Waals surface area contributed by atoms with Crippen molar-refractivity contribution in [1.82, 2.24) is 0 Å². The Balaban J connectivity index is 2.30. The Morgan fingerprint density at radius 1 is 1.32 bits per heavy atom. The van der Waals surface area contributed by atoms with E-state index in [2.05, 4.69) is 50.8 Å². The molecule has 2 N–H and O–H groups in total. The van der Waals surface area contributed by atoms with Crippen LogP contribution in [-0.4, -0.2) is 18.6 Å². The zero-order valence-corrected chi connectivity index (χ0v) is 12.9. The van der Waals surface area contributed by atoms with E-state index >= 15 is 0 Å². The zero-order valence-electron chi connectivity index (χ0n) is 12.9. The summed E-state index contributed by atoms with van der Waals surface area (Å²) in [5.41, 5.74) is 10.1. The second-order valence-electron chi connectivity index (χ2n) is 6.70. The molecule has 1 fully saturated rings. The fraction of sp³-hybridized carbons (Fsp3) is 0.647. The molecule has 2 nitrogen and oxygen atoms in total. The molecule has 2 heteroatoms. The summed E-state index contributed by atoms with van der Waals surface area (Å²) in [4.78, 5) is 2.61. The molecule has 1 atom stereocenters. The van der Waals surface area contributed by atoms with Gasteiger partial charge in [-0.25, -0.2) is 0 Å². The number of piperidine rings is 1. The molecule has 0 spiro atoms. The van der Waals surface area contributed by atoms with E-state index in [0.717, 1.165) is 25.4 Å². The first kappa shape index (κ1) is 14.4. The molecule has 0 saturated carbocycles. The van der Waals surface area contributed by atoms with E-state index in [1.807, 2.05) is 0 Å². The summed E-state index contributed by atoms with van der Waals surface area (Å²) in [6.07, 6.45) is 3.72. The van der Waals surface area contributed by atoms with E-state index in [1.54, 1.807) is 0 Å². The standard InChI is InChI=1S/C17H28N2/c1-13-5-6-14(2)16(11-13)19-12-15(8-10-18)7-9-17(19,3)4/h5-6,11,15H,7-10,12,18H2,1-4H3. The molecular weight excluding hydrogens is 232 g/mol. The third kappa shape index (κ3) is 3.11. The number of anilines is 1. The van der Waals surface area contributed by atoms with Crippen LogP contribution in [0.3, 0.4) is 0 Å². The summed E-state index contributed by atoms with van der Waals surface area (Å²) in [5, 5.41) is 0. The average Bonchev–Trinajstić information content (AvgIpc) is 2.35. The molecule has 0 aliphatic carbocycles. The van der Waals surface area contributed by atoms with Crippen molar-refractivity contribution in [3.63, 3.8) is 0 Å². The molecule has 1 aromatic carbocycles. The lowest BCUT2D eigenvalue weighted by Gasteiger charge is -2.48. The number of hydrogen-bond donors (Lipinski definition) is 1. The first-order chi connectivity index (χ1) is 8.94. The number of aryl methyl sites for hydroxylation is 2. The molecular formula is C17H28N2. The minimum atomic E-state index is 0.254. The number of rotatable bonds is 3. The monoisotopic (exact) mass is 260 g/mol. The van der Waals surface area contributed by atoms with E-state index in [-0.39, 0.29) is 5.54 Å². The van der Waals surface area contributed by atoms with E-state index in [0.29, 0.717) is 0 Å². The largest absolute Gasteiger partial charge is 0.366 e. The molecule has 1 aromatic rings. The van der Waals surface area contributed by atoms with Gasteiger partial charge in [0, 0.05) is 17.8 Å². The van der Waals surface area contributed by atoms with Crippen LogP contribution >= 0.6 is 0 Å². The smallest absolute Gasteiger partial charge is 0.0403 e. The molecule has 19 heavy (non-hydrogen) atoms. The van der Waals surface area contributed by atoms with Crippen LogP contribution in [0.1, 0.15) is 44.2 Å². The van der Waals surface area contributed by atoms with E-state index in [4.69, 9.17) is 5.73 Å². The normalized spacial score (nSPS) is 22.6. The first-order valence-electron chi connectivity index (χ1n) is 7.49. The van der Waals surface area contributed by atoms with E-state index < -0.39 is 0 Å². The second-order valence-corrected chi connectivity index (χ2v) is 6.70. The van der Waals surface area contributed by atoms with Gasteiger partial charge in [0.25, 0.3) is 0 Å². The minimum absolute atomic E-state index is 0.254. The van der Waals surface area contributed by atoms with Crippen molar-refractivity contribution in [1.29, 1.82) is 0 Å². The van der Waals surface area contributed by atoms with Crippen LogP contribution in [0.15, 0.2) is 18.2 Å². The van der Waals surface area contributed by atoms with Gasteiger partial charge in [-0.2, -0.15) is 0 Å². The molecule has 0 bridgehead atoms. The first-order valence-corrected chi connectivity index (χ1v) is 7.49. The third-order valence-electron chi connectivity index (χ3n) is 4.57. The van der Waals surface area contributed by atoms with Crippen LogP contribution in [0.2, 0.25) is 0 Å². The van der Waals surface area contributed by atoms with Crippen LogP contribution in [0, 0.1) is 19.8 Å². The highest BCUT2D eigenvalue weighted by Gasteiger charge is 2.34. The fourth-order valence-electron chi connectivity index (χ4n) is 3.19. The average molecular weight is 260 g/mol. The van der Waals surface area contributed by atoms with Crippen molar-refractivity contribution in [3.8, 4) is 0 Å². The summed E-state index contributed by atoms with van der Waals surface area (Å²) in [7, 11) is 0. The highest BCUT2D eigenvalue weighted by Crippen LogP contribution is 2.37. The maximum absolute atomic E-state index is 5.75. The lowest BCUT2D eigenvalue weighted by atomic mass is 9.82. The Kier molecular flexibility index (Phi) is 4.19. The van der Waals surface area contributed by atoms with Crippen molar-refractivity contribution in [2.45, 2.75) is 52.5 Å². The van der Waals surface area contributed by atoms with Gasteiger partial charge < -0.3 is 10.6 Å². The number of benzene rings is 1. The molecule has 1 heterocycles. The van der Waals surface area contributed by atoms with Gasteiger partial charge in [-0.1, -0.05) is 12.1 Å². The van der Waals surface area contributed by atoms with Crippen molar-refractivity contribution < 1.29 is 0 Å². The maximum Gasteiger partial charge on any atom is 0.0403 e. The van der Waals surface area contributed by atoms with Crippen molar-refractivity contribution >= 4 is 5.69 Å². The van der Waals surface area contributed by atoms with Gasteiger partial charge in [0.15, 0.2) is 0 Å². The van der Waals surface area contributed by atoms with Crippen LogP contribution in [0.25, 0.3) is 0 Å². The number of nitrogens with zero attached hydrogens (tertiary/aromatic N) is 1. The molecule has 2 rings (SSSR count). The maximum atomic E-state index is 5.75.